The van der Waals surface area contributed by atoms with Crippen LogP contribution in [-0.2, 0) is 9.47 Å². The minimum absolute atomic E-state index is 0.521. The second-order valence-electron chi connectivity index (χ2n) is 3.60. The average molecular weight is 152 g/mol. The van der Waals surface area contributed by atoms with Gasteiger partial charge >= 0.3 is 0 Å². The maximum atomic E-state index is 5.46. The highest BCUT2D eigenvalue weighted by atomic mass is 16.6. The lowest BCUT2D eigenvalue weighted by Gasteiger charge is -1.85. The van der Waals surface area contributed by atoms with Crippen molar-refractivity contribution in [3.05, 3.63) is 12.2 Å². The van der Waals surface area contributed by atoms with Crippen molar-refractivity contribution in [2.24, 2.45) is 0 Å². The monoisotopic (exact) mass is 152 g/mol. The Balaban J connectivity index is 1.71. The van der Waals surface area contributed by atoms with Crippen LogP contribution in [0.1, 0.15) is 19.3 Å². The molecule has 0 aromatic rings. The van der Waals surface area contributed by atoms with Gasteiger partial charge in [-0.05, 0) is 12.8 Å². The molecule has 11 heavy (non-hydrogen) atoms. The Kier molecular flexibility index (Phi) is 1.17. The van der Waals surface area contributed by atoms with E-state index in [9.17, 15) is 0 Å². The number of epoxide rings is 2. The van der Waals surface area contributed by atoms with E-state index in [1.807, 2.05) is 0 Å². The number of ether oxygens (including phenoxy) is 2. The molecule has 0 N–H and O–H groups in total. The van der Waals surface area contributed by atoms with E-state index >= 15 is 0 Å². The molecule has 3 rings (SSSR count). The van der Waals surface area contributed by atoms with Crippen molar-refractivity contribution in [2.75, 3.05) is 0 Å². The van der Waals surface area contributed by atoms with Crippen LogP contribution in [-0.4, -0.2) is 24.4 Å². The average Bonchev–Trinajstić information content (AvgIpc) is 2.87. The number of hydrogen-bond donors (Lipinski definition) is 0. The van der Waals surface area contributed by atoms with Crippen LogP contribution in [0.4, 0.5) is 0 Å². The molecular formula is C9H12O2. The molecule has 0 spiro atoms. The summed E-state index contributed by atoms with van der Waals surface area (Å²) < 4.78 is 10.9. The van der Waals surface area contributed by atoms with Gasteiger partial charge in [-0.1, -0.05) is 12.2 Å². The molecule has 3 aliphatic rings. The highest BCUT2D eigenvalue weighted by Gasteiger charge is 2.47. The summed E-state index contributed by atoms with van der Waals surface area (Å²) in [5.74, 6) is 0. The van der Waals surface area contributed by atoms with Crippen LogP contribution in [0.3, 0.4) is 0 Å². The quantitative estimate of drug-likeness (QED) is 0.385. The van der Waals surface area contributed by atoms with Crippen molar-refractivity contribution in [1.29, 1.82) is 0 Å². The maximum Gasteiger partial charge on any atom is 0.0877 e. The first-order chi connectivity index (χ1) is 5.43. The molecule has 1 aliphatic carbocycles. The fourth-order valence-corrected chi connectivity index (χ4v) is 1.88. The summed E-state index contributed by atoms with van der Waals surface area (Å²) in [6, 6.07) is 0. The van der Waals surface area contributed by atoms with Gasteiger partial charge in [-0.15, -0.1) is 0 Å². The molecule has 0 saturated carbocycles. The maximum absolute atomic E-state index is 5.46. The fourth-order valence-electron chi connectivity index (χ4n) is 1.88. The van der Waals surface area contributed by atoms with Crippen LogP contribution in [0.15, 0.2) is 12.2 Å². The van der Waals surface area contributed by atoms with Crippen LogP contribution in [0.2, 0.25) is 0 Å². The lowest BCUT2D eigenvalue weighted by atomic mass is 10.1. The summed E-state index contributed by atoms with van der Waals surface area (Å²) in [7, 11) is 0. The van der Waals surface area contributed by atoms with Gasteiger partial charge in [0.15, 0.2) is 0 Å². The smallest absolute Gasteiger partial charge is 0.0877 e. The predicted molar refractivity (Wildman–Crippen MR) is 40.3 cm³/mol. The zero-order valence-corrected chi connectivity index (χ0v) is 6.40. The molecule has 2 heterocycles. The molecule has 2 saturated heterocycles. The van der Waals surface area contributed by atoms with Gasteiger partial charge < -0.3 is 9.47 Å². The van der Waals surface area contributed by atoms with Crippen LogP contribution in [0, 0.1) is 0 Å². The molecule has 0 bridgehead atoms. The van der Waals surface area contributed by atoms with E-state index in [2.05, 4.69) is 12.2 Å². The van der Waals surface area contributed by atoms with E-state index in [0.717, 1.165) is 19.3 Å². The number of hydrogen-bond acceptors (Lipinski definition) is 2. The number of rotatable bonds is 0. The van der Waals surface area contributed by atoms with E-state index in [-0.39, 0.29) is 0 Å². The first kappa shape index (κ1) is 6.21. The molecule has 60 valence electrons. The SMILES string of the molecule is C1=C\CC2OC2CC2OC2C/1. The molecule has 2 heteroatoms. The van der Waals surface area contributed by atoms with Crippen molar-refractivity contribution < 1.29 is 9.47 Å². The molecule has 4 unspecified atom stereocenters. The second-order valence-corrected chi connectivity index (χ2v) is 3.60. The Morgan fingerprint density at radius 1 is 0.818 bits per heavy atom. The normalized spacial score (nSPS) is 56.0. The van der Waals surface area contributed by atoms with E-state index < -0.39 is 0 Å². The van der Waals surface area contributed by atoms with Crippen molar-refractivity contribution in [1.82, 2.24) is 0 Å². The second kappa shape index (κ2) is 2.08. The molecule has 4 atom stereocenters. The Labute approximate surface area is 66.2 Å². The van der Waals surface area contributed by atoms with Gasteiger partial charge in [0.2, 0.25) is 0 Å². The summed E-state index contributed by atoms with van der Waals surface area (Å²) in [4.78, 5) is 0. The Bertz CT molecular complexity index is 180. The first-order valence-corrected chi connectivity index (χ1v) is 4.39. The Hall–Kier alpha value is -0.340. The van der Waals surface area contributed by atoms with Crippen molar-refractivity contribution in [2.45, 2.75) is 43.7 Å². The minimum Gasteiger partial charge on any atom is -0.369 e. The third-order valence-electron chi connectivity index (χ3n) is 2.74. The third-order valence-corrected chi connectivity index (χ3v) is 2.74. The minimum atomic E-state index is 0.521. The lowest BCUT2D eigenvalue weighted by molar-refractivity contribution is 0.325. The van der Waals surface area contributed by atoms with Crippen LogP contribution < -0.4 is 0 Å². The van der Waals surface area contributed by atoms with Crippen molar-refractivity contribution in [3.63, 3.8) is 0 Å². The van der Waals surface area contributed by atoms with E-state index in [4.69, 9.17) is 9.47 Å². The van der Waals surface area contributed by atoms with Gasteiger partial charge in [-0.25, -0.2) is 0 Å². The summed E-state index contributed by atoms with van der Waals surface area (Å²) in [5, 5.41) is 0. The molecule has 0 aromatic carbocycles. The van der Waals surface area contributed by atoms with Gasteiger partial charge in [0.1, 0.15) is 0 Å². The van der Waals surface area contributed by atoms with Gasteiger partial charge in [0.05, 0.1) is 24.4 Å². The van der Waals surface area contributed by atoms with Gasteiger partial charge in [0, 0.05) is 6.42 Å². The third kappa shape index (κ3) is 1.10. The van der Waals surface area contributed by atoms with Crippen LogP contribution in [0.5, 0.6) is 0 Å². The van der Waals surface area contributed by atoms with E-state index in [1.54, 1.807) is 0 Å². The molecule has 2 fully saturated rings. The standard InChI is InChI=1S/C9H12O2/c1-2-4-7-9(11-7)5-8-6(3-1)10-8/h1-2,6-9H,3-5H2/b2-1-. The zero-order chi connectivity index (χ0) is 7.26. The lowest BCUT2D eigenvalue weighted by Crippen LogP contribution is -1.99. The molecule has 0 amide bonds. The summed E-state index contributed by atoms with van der Waals surface area (Å²) in [6.07, 6.45) is 9.91. The zero-order valence-electron chi connectivity index (χ0n) is 6.40. The first-order valence-electron chi connectivity index (χ1n) is 4.39. The summed E-state index contributed by atoms with van der Waals surface area (Å²) >= 11 is 0. The van der Waals surface area contributed by atoms with Crippen LogP contribution in [0.25, 0.3) is 0 Å². The summed E-state index contributed by atoms with van der Waals surface area (Å²) in [6.45, 7) is 0. The van der Waals surface area contributed by atoms with Gasteiger partial charge in [0.25, 0.3) is 0 Å². The highest BCUT2D eigenvalue weighted by molar-refractivity contribution is 5.03. The Morgan fingerprint density at radius 3 is 1.91 bits per heavy atom. The summed E-state index contributed by atoms with van der Waals surface area (Å²) in [5.41, 5.74) is 0. The number of fused-ring (bicyclic) bond motifs is 2. The molecular weight excluding hydrogens is 140 g/mol. The molecule has 2 aliphatic heterocycles. The highest BCUT2D eigenvalue weighted by Crippen LogP contribution is 2.39. The van der Waals surface area contributed by atoms with Crippen molar-refractivity contribution >= 4 is 0 Å². The predicted octanol–water partition coefficient (Wildman–Crippen LogP) is 1.26. The van der Waals surface area contributed by atoms with Crippen molar-refractivity contribution in [3.8, 4) is 0 Å². The van der Waals surface area contributed by atoms with Gasteiger partial charge in [-0.2, -0.15) is 0 Å². The molecule has 0 aromatic heterocycles. The fraction of sp³-hybridized carbons (Fsp3) is 0.778. The van der Waals surface area contributed by atoms with Crippen LogP contribution >= 0.6 is 0 Å². The molecule has 0 radical (unpaired) electrons. The Morgan fingerprint density at radius 2 is 1.36 bits per heavy atom. The largest absolute Gasteiger partial charge is 0.369 e. The topological polar surface area (TPSA) is 25.1 Å². The molecule has 2 nitrogen and oxygen atoms in total. The van der Waals surface area contributed by atoms with Gasteiger partial charge in [-0.3, -0.25) is 0 Å². The van der Waals surface area contributed by atoms with E-state index in [0.29, 0.717) is 24.4 Å². The van der Waals surface area contributed by atoms with E-state index in [1.165, 1.54) is 0 Å².